The molecule has 0 saturated carbocycles. The molecule has 1 aliphatic rings. The van der Waals surface area contributed by atoms with Crippen LogP contribution in [0.5, 0.6) is 11.5 Å². The first kappa shape index (κ1) is 24.4. The smallest absolute Gasteiger partial charge is 0.264 e. The Balaban J connectivity index is 1.58. The van der Waals surface area contributed by atoms with Gasteiger partial charge in [0.1, 0.15) is 6.54 Å². The number of benzene rings is 3. The second kappa shape index (κ2) is 10.7. The molecule has 0 aliphatic carbocycles. The highest BCUT2D eigenvalue weighted by molar-refractivity contribution is 7.92. The summed E-state index contributed by atoms with van der Waals surface area (Å²) in [6.45, 7) is 2.06. The Bertz CT molecular complexity index is 1240. The van der Waals surface area contributed by atoms with Gasteiger partial charge in [-0.1, -0.05) is 36.4 Å². The van der Waals surface area contributed by atoms with Crippen LogP contribution in [-0.2, 0) is 14.8 Å². The average molecular weight is 496 g/mol. The fraction of sp³-hybridized carbons (Fsp3) is 0.269. The van der Waals surface area contributed by atoms with E-state index in [-0.39, 0.29) is 17.3 Å². The summed E-state index contributed by atoms with van der Waals surface area (Å²) in [5, 5.41) is 0. The lowest BCUT2D eigenvalue weighted by molar-refractivity contribution is -0.129. The fourth-order valence-corrected chi connectivity index (χ4v) is 5.52. The quantitative estimate of drug-likeness (QED) is 0.477. The zero-order chi connectivity index (χ0) is 24.8. The van der Waals surface area contributed by atoms with Crippen LogP contribution in [-0.4, -0.2) is 66.2 Å². The third-order valence-corrected chi connectivity index (χ3v) is 7.81. The maximum Gasteiger partial charge on any atom is 0.264 e. The zero-order valence-corrected chi connectivity index (χ0v) is 20.6. The van der Waals surface area contributed by atoms with Gasteiger partial charge < -0.3 is 19.3 Å². The fourth-order valence-electron chi connectivity index (χ4n) is 4.09. The molecule has 3 aromatic carbocycles. The molecule has 1 aliphatic heterocycles. The van der Waals surface area contributed by atoms with Crippen LogP contribution in [0.25, 0.3) is 0 Å². The highest BCUT2D eigenvalue weighted by atomic mass is 32.2. The molecule has 0 radical (unpaired) electrons. The topological polar surface area (TPSA) is 79.4 Å². The number of sulfonamides is 1. The number of ether oxygens (including phenoxy) is 2. The molecule has 4 rings (SSSR count). The van der Waals surface area contributed by atoms with Crippen molar-refractivity contribution in [3.8, 4) is 11.5 Å². The molecule has 0 unspecified atom stereocenters. The summed E-state index contributed by atoms with van der Waals surface area (Å²) in [4.78, 5) is 17.4. The van der Waals surface area contributed by atoms with Crippen molar-refractivity contribution >= 4 is 27.3 Å². The van der Waals surface area contributed by atoms with Crippen LogP contribution < -0.4 is 18.7 Å². The molecule has 35 heavy (non-hydrogen) atoms. The molecule has 1 amide bonds. The minimum atomic E-state index is -4.01. The summed E-state index contributed by atoms with van der Waals surface area (Å²) in [5.74, 6) is 0.589. The first-order chi connectivity index (χ1) is 16.9. The predicted octanol–water partition coefficient (Wildman–Crippen LogP) is 3.25. The number of piperazine rings is 1. The summed E-state index contributed by atoms with van der Waals surface area (Å²) in [7, 11) is -1.02. The van der Waals surface area contributed by atoms with Gasteiger partial charge in [-0.25, -0.2) is 8.42 Å². The number of hydrogen-bond donors (Lipinski definition) is 0. The van der Waals surface area contributed by atoms with Crippen LogP contribution in [0.3, 0.4) is 0 Å². The molecule has 3 aromatic rings. The van der Waals surface area contributed by atoms with E-state index in [1.165, 1.54) is 26.4 Å². The van der Waals surface area contributed by atoms with E-state index in [0.717, 1.165) is 9.99 Å². The maximum absolute atomic E-state index is 13.6. The lowest BCUT2D eigenvalue weighted by Gasteiger charge is -2.37. The minimum Gasteiger partial charge on any atom is -0.493 e. The van der Waals surface area contributed by atoms with Gasteiger partial charge in [-0.3, -0.25) is 9.10 Å². The molecule has 8 nitrogen and oxygen atoms in total. The molecule has 0 spiro atoms. The van der Waals surface area contributed by atoms with Gasteiger partial charge in [0.15, 0.2) is 11.5 Å². The van der Waals surface area contributed by atoms with E-state index in [1.807, 2.05) is 30.3 Å². The number of nitrogens with zero attached hydrogens (tertiary/aromatic N) is 3. The summed E-state index contributed by atoms with van der Waals surface area (Å²) >= 11 is 0. The Morgan fingerprint density at radius 2 is 1.43 bits per heavy atom. The zero-order valence-electron chi connectivity index (χ0n) is 19.8. The number of anilines is 2. The number of carbonyl (C=O) groups is 1. The summed E-state index contributed by atoms with van der Waals surface area (Å²) in [5.41, 5.74) is 1.43. The van der Waals surface area contributed by atoms with Gasteiger partial charge in [-0.15, -0.1) is 0 Å². The summed E-state index contributed by atoms with van der Waals surface area (Å²) in [6.07, 6.45) is 0. The van der Waals surface area contributed by atoms with Crippen molar-refractivity contribution < 1.29 is 22.7 Å². The first-order valence-corrected chi connectivity index (χ1v) is 12.8. The normalized spacial score (nSPS) is 13.9. The Kier molecular flexibility index (Phi) is 7.45. The van der Waals surface area contributed by atoms with Crippen LogP contribution >= 0.6 is 0 Å². The van der Waals surface area contributed by atoms with E-state index in [4.69, 9.17) is 9.47 Å². The second-order valence-electron chi connectivity index (χ2n) is 8.07. The van der Waals surface area contributed by atoms with Crippen molar-refractivity contribution in [2.75, 3.05) is 56.1 Å². The molecular formula is C26H29N3O5S. The van der Waals surface area contributed by atoms with E-state index in [1.54, 1.807) is 41.3 Å². The lowest BCUT2D eigenvalue weighted by Crippen LogP contribution is -2.52. The molecule has 1 fully saturated rings. The van der Waals surface area contributed by atoms with E-state index in [0.29, 0.717) is 43.4 Å². The van der Waals surface area contributed by atoms with E-state index in [9.17, 15) is 13.2 Å². The number of methoxy groups -OCH3 is 2. The van der Waals surface area contributed by atoms with Gasteiger partial charge in [-0.05, 0) is 36.4 Å². The molecule has 0 bridgehead atoms. The Hall–Kier alpha value is -3.72. The van der Waals surface area contributed by atoms with Gasteiger partial charge in [0.25, 0.3) is 10.0 Å². The van der Waals surface area contributed by atoms with Crippen LogP contribution in [0.4, 0.5) is 11.4 Å². The van der Waals surface area contributed by atoms with Gasteiger partial charge in [0.05, 0.1) is 24.8 Å². The third kappa shape index (κ3) is 5.35. The van der Waals surface area contributed by atoms with E-state index >= 15 is 0 Å². The molecule has 1 heterocycles. The molecule has 1 saturated heterocycles. The van der Waals surface area contributed by atoms with Crippen LogP contribution in [0.15, 0.2) is 83.8 Å². The number of hydrogen-bond acceptors (Lipinski definition) is 6. The van der Waals surface area contributed by atoms with Crippen molar-refractivity contribution in [3.63, 3.8) is 0 Å². The minimum absolute atomic E-state index is 0.108. The molecule has 184 valence electrons. The van der Waals surface area contributed by atoms with Crippen molar-refractivity contribution in [1.82, 2.24) is 4.90 Å². The van der Waals surface area contributed by atoms with Crippen molar-refractivity contribution in [3.05, 3.63) is 78.9 Å². The monoisotopic (exact) mass is 495 g/mol. The van der Waals surface area contributed by atoms with E-state index < -0.39 is 10.0 Å². The van der Waals surface area contributed by atoms with Crippen LogP contribution in [0, 0.1) is 0 Å². The number of para-hydroxylation sites is 1. The van der Waals surface area contributed by atoms with Gasteiger partial charge >= 0.3 is 0 Å². The molecular weight excluding hydrogens is 466 g/mol. The van der Waals surface area contributed by atoms with Crippen molar-refractivity contribution in [2.45, 2.75) is 4.90 Å². The highest BCUT2D eigenvalue weighted by Crippen LogP contribution is 2.34. The second-order valence-corrected chi connectivity index (χ2v) is 9.93. The molecule has 0 N–H and O–H groups in total. The Labute approximate surface area is 206 Å². The highest BCUT2D eigenvalue weighted by Gasteiger charge is 2.31. The molecule has 9 heteroatoms. The van der Waals surface area contributed by atoms with E-state index in [2.05, 4.69) is 4.90 Å². The average Bonchev–Trinajstić information content (AvgIpc) is 2.92. The first-order valence-electron chi connectivity index (χ1n) is 11.3. The van der Waals surface area contributed by atoms with Gasteiger partial charge in [0, 0.05) is 37.9 Å². The Morgan fingerprint density at radius 1 is 0.829 bits per heavy atom. The molecule has 0 atom stereocenters. The van der Waals surface area contributed by atoms with Gasteiger partial charge in [0.2, 0.25) is 5.91 Å². The Morgan fingerprint density at radius 3 is 2.03 bits per heavy atom. The third-order valence-electron chi connectivity index (χ3n) is 6.02. The summed E-state index contributed by atoms with van der Waals surface area (Å²) < 4.78 is 39.0. The summed E-state index contributed by atoms with van der Waals surface area (Å²) in [6, 6.07) is 23.0. The van der Waals surface area contributed by atoms with Crippen molar-refractivity contribution in [2.24, 2.45) is 0 Å². The largest absolute Gasteiger partial charge is 0.493 e. The maximum atomic E-state index is 13.6. The predicted molar refractivity (Wildman–Crippen MR) is 136 cm³/mol. The number of rotatable bonds is 8. The van der Waals surface area contributed by atoms with Gasteiger partial charge in [-0.2, -0.15) is 0 Å². The van der Waals surface area contributed by atoms with Crippen molar-refractivity contribution in [1.29, 1.82) is 0 Å². The lowest BCUT2D eigenvalue weighted by atomic mass is 10.2. The van der Waals surface area contributed by atoms with Crippen LogP contribution in [0.1, 0.15) is 0 Å². The standard InChI is InChI=1S/C26H29N3O5S/c1-33-24-14-13-22(19-25(24)34-2)29(35(31,32)23-11-7-4-8-12-23)20-26(30)28-17-15-27(16-18-28)21-9-5-3-6-10-21/h3-14,19H,15-18,20H2,1-2H3. The van der Waals surface area contributed by atoms with Crippen LogP contribution in [0.2, 0.25) is 0 Å². The molecule has 0 aromatic heterocycles. The number of amides is 1. The SMILES string of the molecule is COc1ccc(N(CC(=O)N2CCN(c3ccccc3)CC2)S(=O)(=O)c2ccccc2)cc1OC. The number of carbonyl (C=O) groups excluding carboxylic acids is 1.